The third-order valence-electron chi connectivity index (χ3n) is 6.25. The van der Waals surface area contributed by atoms with Gasteiger partial charge in [-0.2, -0.15) is 0 Å². The Bertz CT molecular complexity index is 558. The van der Waals surface area contributed by atoms with Crippen LogP contribution in [0.1, 0.15) is 68.0 Å². The average molecular weight is 305 g/mol. The highest BCUT2D eigenvalue weighted by Gasteiger charge is 2.59. The molecule has 0 saturated heterocycles. The van der Waals surface area contributed by atoms with Gasteiger partial charge in [0.25, 0.3) is 0 Å². The maximum Gasteiger partial charge on any atom is 0.0900 e. The minimum Gasteiger partial charge on any atom is -0.306 e. The van der Waals surface area contributed by atoms with E-state index in [0.717, 1.165) is 12.5 Å². The number of thiazole rings is 1. The lowest BCUT2D eigenvalue weighted by Gasteiger charge is -2.65. The summed E-state index contributed by atoms with van der Waals surface area (Å²) in [7, 11) is 0. The molecule has 21 heavy (non-hydrogen) atoms. The maximum absolute atomic E-state index is 4.58. The molecule has 4 aliphatic rings. The van der Waals surface area contributed by atoms with Crippen molar-refractivity contribution in [2.45, 2.75) is 78.3 Å². The first kappa shape index (κ1) is 14.2. The monoisotopic (exact) mass is 304 g/mol. The Balaban J connectivity index is 1.56. The van der Waals surface area contributed by atoms with Gasteiger partial charge in [0.05, 0.1) is 10.7 Å². The predicted molar refractivity (Wildman–Crippen MR) is 88.6 cm³/mol. The van der Waals surface area contributed by atoms with Crippen LogP contribution < -0.4 is 5.32 Å². The van der Waals surface area contributed by atoms with Gasteiger partial charge in [-0.05, 0) is 69.1 Å². The van der Waals surface area contributed by atoms with Crippen LogP contribution in [0, 0.1) is 30.6 Å². The standard InChI is InChI=1S/C18H28N2S/c1-12-15(21-13(2)20-12)8-19-18-7-14-5-16(3,10-18)9-17(4,6-14)11-18/h14,19H,5-11H2,1-4H3. The molecule has 0 radical (unpaired) electrons. The Morgan fingerprint density at radius 3 is 2.29 bits per heavy atom. The fourth-order valence-corrected chi connectivity index (χ4v) is 7.53. The Labute approximate surface area is 132 Å². The highest BCUT2D eigenvalue weighted by Crippen LogP contribution is 2.66. The van der Waals surface area contributed by atoms with Crippen molar-refractivity contribution >= 4 is 11.3 Å². The minimum absolute atomic E-state index is 0.410. The van der Waals surface area contributed by atoms with Gasteiger partial charge in [0.2, 0.25) is 0 Å². The van der Waals surface area contributed by atoms with E-state index in [1.165, 1.54) is 54.1 Å². The molecule has 1 heterocycles. The Morgan fingerprint density at radius 1 is 1.10 bits per heavy atom. The highest BCUT2D eigenvalue weighted by molar-refractivity contribution is 7.11. The SMILES string of the molecule is Cc1nc(C)c(CNC23CC4CC(C)(CC(C)(C4)C2)C3)s1. The first-order chi connectivity index (χ1) is 9.79. The van der Waals surface area contributed by atoms with Crippen LogP contribution in [0.25, 0.3) is 0 Å². The molecule has 1 aromatic rings. The van der Waals surface area contributed by atoms with Crippen LogP contribution in [0.4, 0.5) is 0 Å². The molecule has 0 aromatic carbocycles. The molecule has 1 N–H and O–H groups in total. The van der Waals surface area contributed by atoms with Gasteiger partial charge in [0.15, 0.2) is 0 Å². The molecular weight excluding hydrogens is 276 g/mol. The molecule has 5 rings (SSSR count). The van der Waals surface area contributed by atoms with Crippen LogP contribution in [0.3, 0.4) is 0 Å². The molecule has 4 saturated carbocycles. The van der Waals surface area contributed by atoms with E-state index in [9.17, 15) is 0 Å². The third-order valence-corrected chi connectivity index (χ3v) is 7.32. The van der Waals surface area contributed by atoms with Gasteiger partial charge in [-0.1, -0.05) is 13.8 Å². The Kier molecular flexibility index (Phi) is 2.92. The van der Waals surface area contributed by atoms with Gasteiger partial charge < -0.3 is 5.32 Å². The second-order valence-corrected chi connectivity index (χ2v) is 10.3. The largest absolute Gasteiger partial charge is 0.306 e. The van der Waals surface area contributed by atoms with E-state index in [1.807, 2.05) is 11.3 Å². The van der Waals surface area contributed by atoms with Crippen LogP contribution in [-0.4, -0.2) is 10.5 Å². The second kappa shape index (κ2) is 4.32. The van der Waals surface area contributed by atoms with E-state index in [1.54, 1.807) is 0 Å². The van der Waals surface area contributed by atoms with Crippen LogP contribution in [-0.2, 0) is 6.54 Å². The number of rotatable bonds is 3. The van der Waals surface area contributed by atoms with Crippen LogP contribution >= 0.6 is 11.3 Å². The van der Waals surface area contributed by atoms with Crippen molar-refractivity contribution in [3.05, 3.63) is 15.6 Å². The first-order valence-corrected chi connectivity index (χ1v) is 9.29. The van der Waals surface area contributed by atoms with Crippen molar-refractivity contribution in [3.63, 3.8) is 0 Å². The first-order valence-electron chi connectivity index (χ1n) is 8.47. The van der Waals surface area contributed by atoms with Crippen LogP contribution in [0.2, 0.25) is 0 Å². The zero-order valence-electron chi connectivity index (χ0n) is 13.9. The molecule has 2 atom stereocenters. The number of hydrogen-bond donors (Lipinski definition) is 1. The van der Waals surface area contributed by atoms with Gasteiger partial charge in [-0.25, -0.2) is 4.98 Å². The van der Waals surface area contributed by atoms with Gasteiger partial charge in [-0.3, -0.25) is 0 Å². The van der Waals surface area contributed by atoms with Gasteiger partial charge >= 0.3 is 0 Å². The van der Waals surface area contributed by atoms with Crippen LogP contribution in [0.15, 0.2) is 0 Å². The maximum atomic E-state index is 4.58. The second-order valence-electron chi connectivity index (χ2n) is 9.01. The Hall–Kier alpha value is -0.410. The van der Waals surface area contributed by atoms with Crippen molar-refractivity contribution in [2.24, 2.45) is 16.7 Å². The lowest BCUT2D eigenvalue weighted by molar-refractivity contribution is -0.118. The fourth-order valence-electron chi connectivity index (χ4n) is 6.65. The molecule has 0 spiro atoms. The number of aromatic nitrogens is 1. The molecule has 2 nitrogen and oxygen atoms in total. The number of aryl methyl sites for hydroxylation is 2. The summed E-state index contributed by atoms with van der Waals surface area (Å²) in [5.41, 5.74) is 2.83. The van der Waals surface area contributed by atoms with E-state index < -0.39 is 0 Å². The Morgan fingerprint density at radius 2 is 1.76 bits per heavy atom. The number of nitrogens with zero attached hydrogens (tertiary/aromatic N) is 1. The third kappa shape index (κ3) is 2.37. The summed E-state index contributed by atoms with van der Waals surface area (Å²) >= 11 is 1.87. The molecule has 4 bridgehead atoms. The van der Waals surface area contributed by atoms with Gasteiger partial charge in [0.1, 0.15) is 0 Å². The van der Waals surface area contributed by atoms with Crippen molar-refractivity contribution in [1.82, 2.24) is 10.3 Å². The average Bonchev–Trinajstić information content (AvgIpc) is 2.60. The van der Waals surface area contributed by atoms with Gasteiger partial charge in [-0.15, -0.1) is 11.3 Å². The summed E-state index contributed by atoms with van der Waals surface area (Å²) < 4.78 is 0. The van der Waals surface area contributed by atoms with E-state index in [-0.39, 0.29) is 0 Å². The molecule has 116 valence electrons. The normalized spacial score (nSPS) is 44.5. The minimum atomic E-state index is 0.410. The summed E-state index contributed by atoms with van der Waals surface area (Å²) in [4.78, 5) is 6.02. The molecule has 4 fully saturated rings. The fraction of sp³-hybridized carbons (Fsp3) is 0.833. The molecule has 0 aliphatic heterocycles. The summed E-state index contributed by atoms with van der Waals surface area (Å²) in [6.45, 7) is 10.4. The van der Waals surface area contributed by atoms with E-state index in [0.29, 0.717) is 16.4 Å². The number of hydrogen-bond acceptors (Lipinski definition) is 3. The van der Waals surface area contributed by atoms with Crippen molar-refractivity contribution in [3.8, 4) is 0 Å². The summed E-state index contributed by atoms with van der Waals surface area (Å²) in [6, 6.07) is 0. The highest BCUT2D eigenvalue weighted by atomic mass is 32.1. The molecule has 3 heteroatoms. The zero-order valence-corrected chi connectivity index (χ0v) is 14.7. The molecular formula is C18H28N2S. The quantitative estimate of drug-likeness (QED) is 0.883. The van der Waals surface area contributed by atoms with Crippen LogP contribution in [0.5, 0.6) is 0 Å². The molecule has 2 unspecified atom stereocenters. The summed E-state index contributed by atoms with van der Waals surface area (Å²) in [5.74, 6) is 0.966. The smallest absolute Gasteiger partial charge is 0.0900 e. The van der Waals surface area contributed by atoms with E-state index >= 15 is 0 Å². The lowest BCUT2D eigenvalue weighted by atomic mass is 9.43. The predicted octanol–water partition coefficient (Wildman–Crippen LogP) is 4.60. The lowest BCUT2D eigenvalue weighted by Crippen LogP contribution is -2.63. The van der Waals surface area contributed by atoms with Crippen molar-refractivity contribution in [1.29, 1.82) is 0 Å². The molecule has 0 amide bonds. The zero-order chi connectivity index (χ0) is 14.9. The topological polar surface area (TPSA) is 24.9 Å². The van der Waals surface area contributed by atoms with E-state index in [4.69, 9.17) is 0 Å². The van der Waals surface area contributed by atoms with Crippen molar-refractivity contribution in [2.75, 3.05) is 0 Å². The van der Waals surface area contributed by atoms with Crippen molar-refractivity contribution < 1.29 is 0 Å². The summed E-state index contributed by atoms with van der Waals surface area (Å²) in [6.07, 6.45) is 8.61. The number of nitrogens with one attached hydrogen (secondary N) is 1. The van der Waals surface area contributed by atoms with E-state index in [2.05, 4.69) is 38.0 Å². The molecule has 4 aliphatic carbocycles. The van der Waals surface area contributed by atoms with Gasteiger partial charge in [0, 0.05) is 17.0 Å². The summed E-state index contributed by atoms with van der Waals surface area (Å²) in [5, 5.41) is 5.22. The molecule has 1 aromatic heterocycles.